The maximum absolute atomic E-state index is 12.4. The van der Waals surface area contributed by atoms with Crippen LogP contribution < -0.4 is 11.2 Å². The molecule has 0 unspecified atom stereocenters. The fourth-order valence-corrected chi connectivity index (χ4v) is 3.65. The Morgan fingerprint density at radius 2 is 1.92 bits per heavy atom. The van der Waals surface area contributed by atoms with Crippen LogP contribution >= 0.6 is 11.8 Å². The predicted octanol–water partition coefficient (Wildman–Crippen LogP) is 3.80. The second-order valence-corrected chi connectivity index (χ2v) is 7.58. The number of H-pyrrole nitrogens is 1. The van der Waals surface area contributed by atoms with Gasteiger partial charge in [0.2, 0.25) is 5.91 Å². The molecule has 5 heteroatoms. The topological polar surface area (TPSA) is 76.0 Å². The molecule has 1 aromatic carbocycles. The first-order valence-electron chi connectivity index (χ1n) is 9.11. The Hall–Kier alpha value is -1.75. The second-order valence-electron chi connectivity index (χ2n) is 6.47. The number of unbranched alkanes of at least 4 members (excludes halogenated alkanes) is 4. The molecule has 4 nitrogen and oxygen atoms in total. The molecule has 0 bridgehead atoms. The molecule has 1 aromatic heterocycles. The number of aryl methyl sites for hydroxylation is 2. The molecule has 0 atom stereocenters. The van der Waals surface area contributed by atoms with Crippen LogP contribution in [0.15, 0.2) is 29.1 Å². The molecule has 25 heavy (non-hydrogen) atoms. The van der Waals surface area contributed by atoms with Crippen LogP contribution in [-0.4, -0.2) is 22.4 Å². The van der Waals surface area contributed by atoms with E-state index in [1.165, 1.54) is 37.4 Å². The molecule has 1 heterocycles. The molecule has 0 spiro atoms. The molecule has 0 radical (unpaired) electrons. The third-order valence-corrected chi connectivity index (χ3v) is 5.26. The average Bonchev–Trinajstić information content (AvgIpc) is 2.59. The summed E-state index contributed by atoms with van der Waals surface area (Å²) in [5.41, 5.74) is 8.27. The van der Waals surface area contributed by atoms with Crippen LogP contribution in [0.25, 0.3) is 10.9 Å². The number of carbonyl (C=O) groups is 1. The smallest absolute Gasteiger partial charge is 0.227 e. The van der Waals surface area contributed by atoms with Gasteiger partial charge in [-0.25, -0.2) is 0 Å². The molecule has 3 N–H and O–H groups in total. The number of benzene rings is 1. The average molecular weight is 361 g/mol. The van der Waals surface area contributed by atoms with Crippen molar-refractivity contribution >= 4 is 28.6 Å². The molecule has 0 saturated heterocycles. The number of carbonyl (C=O) groups excluding carboxylic acids is 1. The molecular formula is C20H28N2O2S. The minimum absolute atomic E-state index is 0.0870. The summed E-state index contributed by atoms with van der Waals surface area (Å²) in [5.74, 6) is 0.875. The Morgan fingerprint density at radius 1 is 1.12 bits per heavy atom. The summed E-state index contributed by atoms with van der Waals surface area (Å²) < 4.78 is 0. The predicted molar refractivity (Wildman–Crippen MR) is 107 cm³/mol. The van der Waals surface area contributed by atoms with Crippen molar-refractivity contribution in [3.05, 3.63) is 45.7 Å². The van der Waals surface area contributed by atoms with Gasteiger partial charge in [-0.2, -0.15) is 11.8 Å². The second kappa shape index (κ2) is 10.3. The monoisotopic (exact) mass is 360 g/mol. The molecule has 0 fully saturated rings. The molecule has 0 saturated carbocycles. The van der Waals surface area contributed by atoms with E-state index in [9.17, 15) is 9.59 Å². The number of pyridine rings is 1. The minimum atomic E-state index is -0.290. The Balaban J connectivity index is 1.98. The standard InChI is InChI=1S/C20H28N2O2S/c1-2-3-4-5-6-7-16-13-19(23)17-12-15(8-9-18(17)22-16)10-11-25-14-20(21)24/h8-9,12-13H,2-7,10-11,14H2,1H3,(H2,21,24)(H,22,23). The molecule has 136 valence electrons. The van der Waals surface area contributed by atoms with Crippen molar-refractivity contribution in [2.75, 3.05) is 11.5 Å². The van der Waals surface area contributed by atoms with E-state index in [0.29, 0.717) is 5.75 Å². The summed E-state index contributed by atoms with van der Waals surface area (Å²) in [7, 11) is 0. The Labute approximate surface area is 153 Å². The van der Waals surface area contributed by atoms with Crippen LogP contribution in [-0.2, 0) is 17.6 Å². The van der Waals surface area contributed by atoms with Gasteiger partial charge in [0.15, 0.2) is 5.43 Å². The number of nitrogens with one attached hydrogen (secondary N) is 1. The fourth-order valence-electron chi connectivity index (χ4n) is 2.92. The first-order chi connectivity index (χ1) is 12.1. The molecule has 0 aliphatic carbocycles. The third-order valence-electron chi connectivity index (χ3n) is 4.28. The van der Waals surface area contributed by atoms with Gasteiger partial charge in [0.1, 0.15) is 0 Å². The van der Waals surface area contributed by atoms with Gasteiger partial charge >= 0.3 is 0 Å². The summed E-state index contributed by atoms with van der Waals surface area (Å²) in [4.78, 5) is 26.6. The van der Waals surface area contributed by atoms with E-state index in [2.05, 4.69) is 11.9 Å². The van der Waals surface area contributed by atoms with Crippen LogP contribution in [0.3, 0.4) is 0 Å². The highest BCUT2D eigenvalue weighted by Crippen LogP contribution is 2.15. The zero-order valence-corrected chi connectivity index (χ0v) is 15.8. The van der Waals surface area contributed by atoms with Gasteiger partial charge in [0.05, 0.1) is 5.75 Å². The lowest BCUT2D eigenvalue weighted by molar-refractivity contribution is -0.115. The molecular weight excluding hydrogens is 332 g/mol. The van der Waals surface area contributed by atoms with Gasteiger partial charge in [-0.15, -0.1) is 0 Å². The zero-order valence-electron chi connectivity index (χ0n) is 15.0. The highest BCUT2D eigenvalue weighted by Gasteiger charge is 2.05. The zero-order chi connectivity index (χ0) is 18.1. The number of primary amides is 1. The molecule has 2 rings (SSSR count). The van der Waals surface area contributed by atoms with Crippen molar-refractivity contribution < 1.29 is 4.79 Å². The number of aromatic nitrogens is 1. The van der Waals surface area contributed by atoms with Crippen molar-refractivity contribution in [1.29, 1.82) is 0 Å². The van der Waals surface area contributed by atoms with E-state index in [4.69, 9.17) is 5.73 Å². The van der Waals surface area contributed by atoms with Gasteiger partial charge < -0.3 is 10.7 Å². The Morgan fingerprint density at radius 3 is 2.68 bits per heavy atom. The van der Waals surface area contributed by atoms with E-state index >= 15 is 0 Å². The molecule has 0 aliphatic heterocycles. The van der Waals surface area contributed by atoms with Gasteiger partial charge in [-0.05, 0) is 42.7 Å². The van der Waals surface area contributed by atoms with Crippen LogP contribution in [0.1, 0.15) is 50.3 Å². The number of aromatic amines is 1. The summed E-state index contributed by atoms with van der Waals surface area (Å²) in [6.45, 7) is 2.21. The van der Waals surface area contributed by atoms with Crippen LogP contribution in [0.5, 0.6) is 0 Å². The third kappa shape index (κ3) is 6.58. The summed E-state index contributed by atoms with van der Waals surface area (Å²) in [6.07, 6.45) is 7.90. The van der Waals surface area contributed by atoms with Gasteiger partial charge in [0.25, 0.3) is 0 Å². The van der Waals surface area contributed by atoms with E-state index in [0.717, 1.165) is 47.2 Å². The summed E-state index contributed by atoms with van der Waals surface area (Å²) in [5, 5.41) is 0.743. The minimum Gasteiger partial charge on any atom is -0.369 e. The lowest BCUT2D eigenvalue weighted by Crippen LogP contribution is -2.13. The number of amides is 1. The maximum atomic E-state index is 12.4. The molecule has 0 aliphatic rings. The Kier molecular flexibility index (Phi) is 8.06. The number of rotatable bonds is 11. The number of thioether (sulfide) groups is 1. The summed E-state index contributed by atoms with van der Waals surface area (Å²) >= 11 is 1.52. The SMILES string of the molecule is CCCCCCCc1cc(=O)c2cc(CCSCC(N)=O)ccc2[nH]1. The van der Waals surface area contributed by atoms with Gasteiger partial charge in [0, 0.05) is 22.7 Å². The first kappa shape index (κ1) is 19.6. The van der Waals surface area contributed by atoms with Crippen molar-refractivity contribution in [3.8, 4) is 0 Å². The van der Waals surface area contributed by atoms with Crippen molar-refractivity contribution in [3.63, 3.8) is 0 Å². The normalized spacial score (nSPS) is 11.1. The first-order valence-corrected chi connectivity index (χ1v) is 10.3. The van der Waals surface area contributed by atoms with Crippen LogP contribution in [0, 0.1) is 0 Å². The van der Waals surface area contributed by atoms with Crippen LogP contribution in [0.4, 0.5) is 0 Å². The summed E-state index contributed by atoms with van der Waals surface area (Å²) in [6, 6.07) is 7.75. The quantitative estimate of drug-likeness (QED) is 0.598. The van der Waals surface area contributed by atoms with Crippen molar-refractivity contribution in [2.45, 2.75) is 51.9 Å². The fraction of sp³-hybridized carbons (Fsp3) is 0.500. The maximum Gasteiger partial charge on any atom is 0.227 e. The molecule has 1 amide bonds. The van der Waals surface area contributed by atoms with Crippen LogP contribution in [0.2, 0.25) is 0 Å². The highest BCUT2D eigenvalue weighted by atomic mass is 32.2. The number of fused-ring (bicyclic) bond motifs is 1. The van der Waals surface area contributed by atoms with Crippen molar-refractivity contribution in [1.82, 2.24) is 4.98 Å². The van der Waals surface area contributed by atoms with Gasteiger partial charge in [-0.1, -0.05) is 38.7 Å². The molecule has 2 aromatic rings. The lowest BCUT2D eigenvalue weighted by atomic mass is 10.1. The Bertz CT molecular complexity index is 755. The van der Waals surface area contributed by atoms with E-state index in [1.54, 1.807) is 6.07 Å². The number of nitrogens with two attached hydrogens (primary N) is 1. The van der Waals surface area contributed by atoms with E-state index in [1.807, 2.05) is 18.2 Å². The highest BCUT2D eigenvalue weighted by molar-refractivity contribution is 7.99. The largest absolute Gasteiger partial charge is 0.369 e. The number of hydrogen-bond donors (Lipinski definition) is 2. The van der Waals surface area contributed by atoms with E-state index in [-0.39, 0.29) is 11.3 Å². The lowest BCUT2D eigenvalue weighted by Gasteiger charge is -2.07. The van der Waals surface area contributed by atoms with Gasteiger partial charge in [-0.3, -0.25) is 9.59 Å². The van der Waals surface area contributed by atoms with Crippen molar-refractivity contribution in [2.24, 2.45) is 5.73 Å². The number of hydrogen-bond acceptors (Lipinski definition) is 3. The van der Waals surface area contributed by atoms with E-state index < -0.39 is 0 Å².